The van der Waals surface area contributed by atoms with Gasteiger partial charge < -0.3 is 0 Å². The molecule has 0 saturated heterocycles. The third-order valence-corrected chi connectivity index (χ3v) is 0.913. The monoisotopic (exact) mass is 121 g/mol. The van der Waals surface area contributed by atoms with Crippen molar-refractivity contribution in [3.8, 4) is 6.07 Å². The van der Waals surface area contributed by atoms with Gasteiger partial charge in [0.05, 0.1) is 12.5 Å². The summed E-state index contributed by atoms with van der Waals surface area (Å²) in [6, 6.07) is 2.03. The first-order valence-electron chi connectivity index (χ1n) is 3.04. The summed E-state index contributed by atoms with van der Waals surface area (Å²) in [5.74, 6) is 0. The Morgan fingerprint density at radius 2 is 2.11 bits per heavy atom. The van der Waals surface area contributed by atoms with Crippen LogP contribution in [0.2, 0.25) is 0 Å². The molecule has 0 amide bonds. The highest BCUT2D eigenvalue weighted by molar-refractivity contribution is 4.91. The highest BCUT2D eigenvalue weighted by atomic mass is 14.2. The topological polar surface area (TPSA) is 23.8 Å². The van der Waals surface area contributed by atoms with Crippen molar-refractivity contribution in [2.24, 2.45) is 0 Å². The number of nitriles is 1. The molecule has 0 spiro atoms. The predicted molar refractivity (Wildman–Crippen MR) is 38.8 cm³/mol. The van der Waals surface area contributed by atoms with E-state index in [9.17, 15) is 0 Å². The molecule has 0 bridgehead atoms. The lowest BCUT2D eigenvalue weighted by molar-refractivity contribution is 1.05. The third kappa shape index (κ3) is 6.97. The van der Waals surface area contributed by atoms with Gasteiger partial charge in [-0.3, -0.25) is 0 Å². The summed E-state index contributed by atoms with van der Waals surface area (Å²) in [5, 5.41) is 8.10. The summed E-state index contributed by atoms with van der Waals surface area (Å²) >= 11 is 0. The smallest absolute Gasteiger partial charge is 0.0663 e. The van der Waals surface area contributed by atoms with E-state index < -0.39 is 0 Å². The maximum atomic E-state index is 8.10. The van der Waals surface area contributed by atoms with Crippen LogP contribution in [0.4, 0.5) is 0 Å². The maximum absolute atomic E-state index is 8.10. The van der Waals surface area contributed by atoms with E-state index >= 15 is 0 Å². The number of unbranched alkanes of at least 4 members (excludes halogenated alkanes) is 1. The van der Waals surface area contributed by atoms with Crippen molar-refractivity contribution in [1.82, 2.24) is 0 Å². The van der Waals surface area contributed by atoms with Gasteiger partial charge in [-0.25, -0.2) is 0 Å². The number of rotatable bonds is 4. The molecule has 48 valence electrons. The fourth-order valence-electron chi connectivity index (χ4n) is 0.468. The van der Waals surface area contributed by atoms with E-state index in [1.807, 2.05) is 24.3 Å². The van der Waals surface area contributed by atoms with Crippen LogP contribution in [0.3, 0.4) is 0 Å². The summed E-state index contributed by atoms with van der Waals surface area (Å²) in [5.41, 5.74) is 0. The zero-order valence-corrected chi connectivity index (χ0v) is 5.51. The second kappa shape index (κ2) is 6.97. The van der Waals surface area contributed by atoms with Crippen LogP contribution in [-0.2, 0) is 0 Å². The molecule has 0 atom stereocenters. The Morgan fingerprint density at radius 1 is 1.33 bits per heavy atom. The second-order valence-electron chi connectivity index (χ2n) is 1.70. The first kappa shape index (κ1) is 7.97. The number of hydrogen-bond acceptors (Lipinski definition) is 1. The molecule has 0 N–H and O–H groups in total. The van der Waals surface area contributed by atoms with E-state index in [1.165, 1.54) is 0 Å². The van der Waals surface area contributed by atoms with Crippen molar-refractivity contribution in [3.05, 3.63) is 24.8 Å². The van der Waals surface area contributed by atoms with E-state index in [2.05, 4.69) is 6.58 Å². The molecule has 0 fully saturated rings. The van der Waals surface area contributed by atoms with Crippen LogP contribution in [0.15, 0.2) is 24.8 Å². The quantitative estimate of drug-likeness (QED) is 0.414. The Morgan fingerprint density at radius 3 is 2.67 bits per heavy atom. The van der Waals surface area contributed by atoms with Gasteiger partial charge in [-0.15, -0.1) is 6.58 Å². The van der Waals surface area contributed by atoms with Crippen molar-refractivity contribution < 1.29 is 0 Å². The van der Waals surface area contributed by atoms with Crippen molar-refractivity contribution >= 4 is 0 Å². The van der Waals surface area contributed by atoms with E-state index in [-0.39, 0.29) is 0 Å². The first-order chi connectivity index (χ1) is 4.41. The van der Waals surface area contributed by atoms with Crippen LogP contribution in [0.1, 0.15) is 19.3 Å². The lowest BCUT2D eigenvalue weighted by Crippen LogP contribution is -1.62. The standard InChI is InChI=1S/C8H11N/c1-2-3-4-5-6-7-8-9/h2,5-6H,1,3-4,7H2/b6-5+. The number of nitrogens with zero attached hydrogens (tertiary/aromatic N) is 1. The van der Waals surface area contributed by atoms with Crippen LogP contribution in [0, 0.1) is 11.3 Å². The minimum Gasteiger partial charge on any atom is -0.198 e. The van der Waals surface area contributed by atoms with E-state index in [4.69, 9.17) is 5.26 Å². The maximum Gasteiger partial charge on any atom is 0.0663 e. The van der Waals surface area contributed by atoms with Gasteiger partial charge in [0, 0.05) is 0 Å². The zero-order valence-electron chi connectivity index (χ0n) is 5.51. The van der Waals surface area contributed by atoms with Crippen LogP contribution in [0.5, 0.6) is 0 Å². The second-order valence-corrected chi connectivity index (χ2v) is 1.70. The Balaban J connectivity index is 3.06. The molecule has 0 aliphatic heterocycles. The Labute approximate surface area is 56.3 Å². The molecule has 0 aliphatic rings. The van der Waals surface area contributed by atoms with Crippen LogP contribution < -0.4 is 0 Å². The fourth-order valence-corrected chi connectivity index (χ4v) is 0.468. The minimum atomic E-state index is 0.525. The summed E-state index contributed by atoms with van der Waals surface area (Å²) in [6.07, 6.45) is 8.29. The van der Waals surface area contributed by atoms with Gasteiger partial charge in [0.2, 0.25) is 0 Å². The van der Waals surface area contributed by atoms with Gasteiger partial charge in [-0.2, -0.15) is 5.26 Å². The molecular weight excluding hydrogens is 110 g/mol. The average Bonchev–Trinajstić information content (AvgIpc) is 1.89. The Bertz CT molecular complexity index is 128. The van der Waals surface area contributed by atoms with Gasteiger partial charge in [-0.05, 0) is 12.8 Å². The first-order valence-corrected chi connectivity index (χ1v) is 3.04. The number of allylic oxidation sites excluding steroid dienone is 3. The molecule has 0 heterocycles. The van der Waals surface area contributed by atoms with Crippen molar-refractivity contribution in [2.45, 2.75) is 19.3 Å². The molecule has 0 radical (unpaired) electrons. The molecule has 0 aromatic rings. The largest absolute Gasteiger partial charge is 0.198 e. The average molecular weight is 121 g/mol. The third-order valence-electron chi connectivity index (χ3n) is 0.913. The molecule has 1 nitrogen and oxygen atoms in total. The Hall–Kier alpha value is -1.03. The molecule has 0 unspecified atom stereocenters. The van der Waals surface area contributed by atoms with E-state index in [0.717, 1.165) is 12.8 Å². The van der Waals surface area contributed by atoms with E-state index in [1.54, 1.807) is 0 Å². The summed E-state index contributed by atoms with van der Waals surface area (Å²) < 4.78 is 0. The molecular formula is C8H11N. The van der Waals surface area contributed by atoms with Gasteiger partial charge in [0.25, 0.3) is 0 Å². The molecule has 0 aliphatic carbocycles. The molecule has 0 aromatic heterocycles. The summed E-state index contributed by atoms with van der Waals surface area (Å²) in [6.45, 7) is 3.58. The fraction of sp³-hybridized carbons (Fsp3) is 0.375. The van der Waals surface area contributed by atoms with Gasteiger partial charge in [-0.1, -0.05) is 18.2 Å². The molecule has 1 heteroatoms. The van der Waals surface area contributed by atoms with Crippen LogP contribution in [-0.4, -0.2) is 0 Å². The molecule has 9 heavy (non-hydrogen) atoms. The molecule has 0 aromatic carbocycles. The van der Waals surface area contributed by atoms with Crippen molar-refractivity contribution in [1.29, 1.82) is 5.26 Å². The summed E-state index contributed by atoms with van der Waals surface area (Å²) in [7, 11) is 0. The number of hydrogen-bond donors (Lipinski definition) is 0. The SMILES string of the molecule is C=CCC/C=C/CC#N. The van der Waals surface area contributed by atoms with Crippen LogP contribution in [0.25, 0.3) is 0 Å². The molecule has 0 saturated carbocycles. The van der Waals surface area contributed by atoms with E-state index in [0.29, 0.717) is 6.42 Å². The van der Waals surface area contributed by atoms with Crippen molar-refractivity contribution in [2.75, 3.05) is 0 Å². The van der Waals surface area contributed by atoms with Gasteiger partial charge in [0.1, 0.15) is 0 Å². The van der Waals surface area contributed by atoms with Crippen LogP contribution >= 0.6 is 0 Å². The predicted octanol–water partition coefficient (Wildman–Crippen LogP) is 2.42. The lowest BCUT2D eigenvalue weighted by Gasteiger charge is -1.81. The van der Waals surface area contributed by atoms with Gasteiger partial charge >= 0.3 is 0 Å². The highest BCUT2D eigenvalue weighted by Crippen LogP contribution is 1.91. The highest BCUT2D eigenvalue weighted by Gasteiger charge is 1.73. The minimum absolute atomic E-state index is 0.525. The Kier molecular flexibility index (Phi) is 6.17. The lowest BCUT2D eigenvalue weighted by atomic mass is 10.3. The van der Waals surface area contributed by atoms with Gasteiger partial charge in [0.15, 0.2) is 0 Å². The summed E-state index contributed by atoms with van der Waals surface area (Å²) in [4.78, 5) is 0. The zero-order chi connectivity index (χ0) is 6.95. The normalized spacial score (nSPS) is 9.22. The van der Waals surface area contributed by atoms with Crippen molar-refractivity contribution in [3.63, 3.8) is 0 Å². The molecule has 0 rings (SSSR count).